The molecule has 0 aliphatic carbocycles. The highest BCUT2D eigenvalue weighted by molar-refractivity contribution is 5.73. The Kier molecular flexibility index (Phi) is 3.96. The molecule has 16 heavy (non-hydrogen) atoms. The van der Waals surface area contributed by atoms with Crippen molar-refractivity contribution >= 4 is 11.6 Å². The number of benzene rings is 1. The highest BCUT2D eigenvalue weighted by atomic mass is 16.6. The Hall–Kier alpha value is -1.95. The van der Waals surface area contributed by atoms with Crippen molar-refractivity contribution in [3.8, 4) is 0 Å². The van der Waals surface area contributed by atoms with Crippen molar-refractivity contribution in [1.82, 2.24) is 5.32 Å². The lowest BCUT2D eigenvalue weighted by molar-refractivity contribution is -0.385. The number of carbonyl (C=O) groups is 1. The monoisotopic (exact) mass is 224 g/mol. The number of aliphatic hydroxyl groups excluding tert-OH is 1. The van der Waals surface area contributed by atoms with Gasteiger partial charge in [0, 0.05) is 25.1 Å². The standard InChI is InChI=1S/C10H12N2O4/c1-7(14)11-5-9-3-2-8(6-13)4-10(9)12(15)16/h2-4,13H,5-6H2,1H3,(H,11,14). The number of carbonyl (C=O) groups excluding carboxylic acids is 1. The fraction of sp³-hybridized carbons (Fsp3) is 0.300. The van der Waals surface area contributed by atoms with Crippen LogP contribution in [0.15, 0.2) is 18.2 Å². The molecule has 6 nitrogen and oxygen atoms in total. The summed E-state index contributed by atoms with van der Waals surface area (Å²) in [4.78, 5) is 20.9. The fourth-order valence-corrected chi connectivity index (χ4v) is 1.25. The van der Waals surface area contributed by atoms with E-state index >= 15 is 0 Å². The zero-order chi connectivity index (χ0) is 12.1. The van der Waals surface area contributed by atoms with Crippen molar-refractivity contribution in [2.45, 2.75) is 20.1 Å². The second-order valence-corrected chi connectivity index (χ2v) is 3.29. The summed E-state index contributed by atoms with van der Waals surface area (Å²) >= 11 is 0. The lowest BCUT2D eigenvalue weighted by Gasteiger charge is -2.05. The quantitative estimate of drug-likeness (QED) is 0.582. The Balaban J connectivity index is 2.98. The van der Waals surface area contributed by atoms with Gasteiger partial charge < -0.3 is 10.4 Å². The predicted molar refractivity (Wildman–Crippen MR) is 56.5 cm³/mol. The molecule has 0 spiro atoms. The summed E-state index contributed by atoms with van der Waals surface area (Å²) in [6, 6.07) is 4.42. The highest BCUT2D eigenvalue weighted by Crippen LogP contribution is 2.20. The van der Waals surface area contributed by atoms with E-state index in [1.807, 2.05) is 0 Å². The van der Waals surface area contributed by atoms with Crippen LogP contribution in [0.25, 0.3) is 0 Å². The normalized spacial score (nSPS) is 9.88. The minimum absolute atomic E-state index is 0.0969. The molecule has 0 heterocycles. The van der Waals surface area contributed by atoms with E-state index in [0.717, 1.165) is 0 Å². The van der Waals surface area contributed by atoms with Crippen LogP contribution in [0.4, 0.5) is 5.69 Å². The van der Waals surface area contributed by atoms with E-state index in [9.17, 15) is 14.9 Å². The van der Waals surface area contributed by atoms with E-state index in [2.05, 4.69) is 5.32 Å². The molecule has 6 heteroatoms. The molecular weight excluding hydrogens is 212 g/mol. The van der Waals surface area contributed by atoms with Crippen LogP contribution in [0.3, 0.4) is 0 Å². The first kappa shape index (κ1) is 12.1. The van der Waals surface area contributed by atoms with Gasteiger partial charge >= 0.3 is 0 Å². The van der Waals surface area contributed by atoms with E-state index in [4.69, 9.17) is 5.11 Å². The van der Waals surface area contributed by atoms with Crippen molar-refractivity contribution in [3.63, 3.8) is 0 Å². The maximum absolute atomic E-state index is 10.7. The number of nitro benzene ring substituents is 1. The molecule has 0 fully saturated rings. The first-order chi connectivity index (χ1) is 7.54. The third-order valence-electron chi connectivity index (χ3n) is 2.06. The smallest absolute Gasteiger partial charge is 0.274 e. The lowest BCUT2D eigenvalue weighted by Crippen LogP contribution is -2.19. The van der Waals surface area contributed by atoms with Crippen LogP contribution in [0, 0.1) is 10.1 Å². The van der Waals surface area contributed by atoms with Gasteiger partial charge in [0.1, 0.15) is 0 Å². The van der Waals surface area contributed by atoms with Crippen molar-refractivity contribution < 1.29 is 14.8 Å². The largest absolute Gasteiger partial charge is 0.392 e. The Labute approximate surface area is 92.0 Å². The molecule has 0 saturated carbocycles. The van der Waals surface area contributed by atoms with Gasteiger partial charge in [0.2, 0.25) is 5.91 Å². The molecule has 0 radical (unpaired) electrons. The number of aliphatic hydroxyl groups is 1. The first-order valence-electron chi connectivity index (χ1n) is 4.66. The third-order valence-corrected chi connectivity index (χ3v) is 2.06. The SMILES string of the molecule is CC(=O)NCc1ccc(CO)cc1[N+](=O)[O-]. The summed E-state index contributed by atoms with van der Waals surface area (Å²) < 4.78 is 0. The van der Waals surface area contributed by atoms with Gasteiger partial charge in [-0.25, -0.2) is 0 Å². The number of amides is 1. The second-order valence-electron chi connectivity index (χ2n) is 3.29. The summed E-state index contributed by atoms with van der Waals surface area (Å²) in [5, 5.41) is 22.1. The van der Waals surface area contributed by atoms with E-state index < -0.39 is 4.92 Å². The molecule has 0 atom stereocenters. The maximum Gasteiger partial charge on any atom is 0.274 e. The van der Waals surface area contributed by atoms with Gasteiger partial charge in [0.25, 0.3) is 5.69 Å². The van der Waals surface area contributed by atoms with Crippen LogP contribution in [-0.4, -0.2) is 15.9 Å². The molecule has 1 aromatic rings. The minimum Gasteiger partial charge on any atom is -0.392 e. The van der Waals surface area contributed by atoms with Crippen molar-refractivity contribution in [1.29, 1.82) is 0 Å². The van der Waals surface area contributed by atoms with Crippen LogP contribution in [0.5, 0.6) is 0 Å². The van der Waals surface area contributed by atoms with Gasteiger partial charge in [-0.3, -0.25) is 14.9 Å². The van der Waals surface area contributed by atoms with E-state index in [-0.39, 0.29) is 24.7 Å². The number of rotatable bonds is 4. The van der Waals surface area contributed by atoms with E-state index in [1.54, 1.807) is 6.07 Å². The van der Waals surface area contributed by atoms with Crippen LogP contribution < -0.4 is 5.32 Å². The molecule has 0 aliphatic rings. The van der Waals surface area contributed by atoms with Crippen molar-refractivity contribution in [2.24, 2.45) is 0 Å². The summed E-state index contributed by atoms with van der Waals surface area (Å²) in [6.45, 7) is 1.20. The van der Waals surface area contributed by atoms with E-state index in [1.165, 1.54) is 19.1 Å². The highest BCUT2D eigenvalue weighted by Gasteiger charge is 2.14. The number of nitrogens with zero attached hydrogens (tertiary/aromatic N) is 1. The topological polar surface area (TPSA) is 92.5 Å². The molecule has 1 rings (SSSR count). The average Bonchev–Trinajstić information content (AvgIpc) is 2.25. The Morgan fingerprint density at radius 2 is 2.25 bits per heavy atom. The van der Waals surface area contributed by atoms with Crippen LogP contribution in [-0.2, 0) is 17.9 Å². The minimum atomic E-state index is -0.531. The summed E-state index contributed by atoms with van der Waals surface area (Å²) in [6.07, 6.45) is 0. The fourth-order valence-electron chi connectivity index (χ4n) is 1.25. The van der Waals surface area contributed by atoms with Gasteiger partial charge in [-0.2, -0.15) is 0 Å². The molecule has 0 aromatic heterocycles. The molecule has 1 aromatic carbocycles. The van der Waals surface area contributed by atoms with Crippen molar-refractivity contribution in [3.05, 3.63) is 39.4 Å². The molecule has 86 valence electrons. The zero-order valence-corrected chi connectivity index (χ0v) is 8.77. The molecular formula is C10H12N2O4. The first-order valence-corrected chi connectivity index (χ1v) is 4.66. The third kappa shape index (κ3) is 3.03. The molecule has 0 saturated heterocycles. The lowest BCUT2D eigenvalue weighted by atomic mass is 10.1. The summed E-state index contributed by atoms with van der Waals surface area (Å²) in [5.74, 6) is -0.250. The van der Waals surface area contributed by atoms with Crippen LogP contribution in [0.1, 0.15) is 18.1 Å². The number of nitro groups is 1. The van der Waals surface area contributed by atoms with Gasteiger partial charge in [0.15, 0.2) is 0 Å². The van der Waals surface area contributed by atoms with Gasteiger partial charge in [0.05, 0.1) is 11.5 Å². The summed E-state index contributed by atoms with van der Waals surface area (Å²) in [7, 11) is 0. The van der Waals surface area contributed by atoms with Crippen LogP contribution in [0.2, 0.25) is 0 Å². The molecule has 2 N–H and O–H groups in total. The Morgan fingerprint density at radius 3 is 2.75 bits per heavy atom. The van der Waals surface area contributed by atoms with Gasteiger partial charge in [-0.1, -0.05) is 12.1 Å². The molecule has 0 aliphatic heterocycles. The molecule has 0 unspecified atom stereocenters. The van der Waals surface area contributed by atoms with Gasteiger partial charge in [-0.05, 0) is 5.56 Å². The molecule has 0 bridgehead atoms. The Morgan fingerprint density at radius 1 is 1.56 bits per heavy atom. The number of nitrogens with one attached hydrogen (secondary N) is 1. The predicted octanol–water partition coefficient (Wildman–Crippen LogP) is 0.723. The zero-order valence-electron chi connectivity index (χ0n) is 8.77. The van der Waals surface area contributed by atoms with Crippen LogP contribution >= 0.6 is 0 Å². The van der Waals surface area contributed by atoms with Crippen molar-refractivity contribution in [2.75, 3.05) is 0 Å². The van der Waals surface area contributed by atoms with Gasteiger partial charge in [-0.15, -0.1) is 0 Å². The van der Waals surface area contributed by atoms with E-state index in [0.29, 0.717) is 11.1 Å². The number of hydrogen-bond donors (Lipinski definition) is 2. The maximum atomic E-state index is 10.7. The Bertz CT molecular complexity index is 417. The number of hydrogen-bond acceptors (Lipinski definition) is 4. The summed E-state index contributed by atoms with van der Waals surface area (Å²) in [5.41, 5.74) is 0.788. The molecule has 1 amide bonds. The average molecular weight is 224 g/mol. The second kappa shape index (κ2) is 5.22.